The molecule has 3 heteroatoms. The molecule has 0 saturated heterocycles. The number of carbonyl (C=O) groups excluding carboxylic acids is 1. The summed E-state index contributed by atoms with van der Waals surface area (Å²) in [5.41, 5.74) is 6.10. The van der Waals surface area contributed by atoms with E-state index in [-0.39, 0.29) is 11.9 Å². The number of hydrogen-bond acceptors (Lipinski definition) is 2. The van der Waals surface area contributed by atoms with Crippen molar-refractivity contribution < 1.29 is 4.79 Å². The molecule has 1 saturated carbocycles. The summed E-state index contributed by atoms with van der Waals surface area (Å²) in [7, 11) is 0. The van der Waals surface area contributed by atoms with E-state index in [2.05, 4.69) is 32.6 Å². The number of nitrogens with zero attached hydrogens (tertiary/aromatic N) is 1. The Balaban J connectivity index is 2.62. The average Bonchev–Trinajstić information content (AvgIpc) is 2.81. The van der Waals surface area contributed by atoms with E-state index in [1.54, 1.807) is 0 Å². The van der Waals surface area contributed by atoms with Crippen LogP contribution in [0.1, 0.15) is 66.2 Å². The predicted molar refractivity (Wildman–Crippen MR) is 80.9 cm³/mol. The van der Waals surface area contributed by atoms with E-state index in [0.29, 0.717) is 17.9 Å². The summed E-state index contributed by atoms with van der Waals surface area (Å²) in [5.74, 6) is 1.30. The van der Waals surface area contributed by atoms with E-state index < -0.39 is 0 Å². The molecule has 1 atom stereocenters. The van der Waals surface area contributed by atoms with Gasteiger partial charge in [-0.25, -0.2) is 0 Å². The maximum atomic E-state index is 12.6. The van der Waals surface area contributed by atoms with E-state index in [1.807, 2.05) is 0 Å². The molecule has 0 aromatic carbocycles. The van der Waals surface area contributed by atoms with Crippen molar-refractivity contribution in [3.63, 3.8) is 0 Å². The lowest BCUT2D eigenvalue weighted by atomic mass is 10.0. The Morgan fingerprint density at radius 1 is 1.16 bits per heavy atom. The van der Waals surface area contributed by atoms with Gasteiger partial charge >= 0.3 is 0 Å². The zero-order chi connectivity index (χ0) is 14.4. The van der Waals surface area contributed by atoms with Gasteiger partial charge in [-0.05, 0) is 37.5 Å². The lowest BCUT2D eigenvalue weighted by Gasteiger charge is -2.32. The smallest absolute Gasteiger partial charge is 0.239 e. The van der Waals surface area contributed by atoms with Gasteiger partial charge in [0.1, 0.15) is 0 Å². The number of rotatable bonds is 7. The second-order valence-corrected chi connectivity index (χ2v) is 6.89. The fourth-order valence-corrected chi connectivity index (χ4v) is 2.91. The van der Waals surface area contributed by atoms with Crippen molar-refractivity contribution in [1.29, 1.82) is 0 Å². The summed E-state index contributed by atoms with van der Waals surface area (Å²) >= 11 is 0. The third-order valence-electron chi connectivity index (χ3n) is 4.04. The monoisotopic (exact) mass is 268 g/mol. The lowest BCUT2D eigenvalue weighted by Crippen LogP contribution is -2.49. The fourth-order valence-electron chi connectivity index (χ4n) is 2.91. The van der Waals surface area contributed by atoms with Gasteiger partial charge in [-0.15, -0.1) is 0 Å². The molecule has 0 bridgehead atoms. The summed E-state index contributed by atoms with van der Waals surface area (Å²) in [4.78, 5) is 14.7. The summed E-state index contributed by atoms with van der Waals surface area (Å²) in [5, 5.41) is 0. The maximum absolute atomic E-state index is 12.6. The summed E-state index contributed by atoms with van der Waals surface area (Å²) in [6.07, 6.45) is 6.72. The molecule has 0 aromatic rings. The van der Waals surface area contributed by atoms with E-state index in [0.717, 1.165) is 32.2 Å². The van der Waals surface area contributed by atoms with Crippen LogP contribution in [0.25, 0.3) is 0 Å². The largest absolute Gasteiger partial charge is 0.338 e. The molecule has 0 aromatic heterocycles. The van der Waals surface area contributed by atoms with Gasteiger partial charge in [-0.2, -0.15) is 0 Å². The molecule has 0 heterocycles. The van der Waals surface area contributed by atoms with E-state index in [1.165, 1.54) is 12.8 Å². The Morgan fingerprint density at radius 2 is 1.74 bits per heavy atom. The van der Waals surface area contributed by atoms with Gasteiger partial charge in [0.05, 0.1) is 6.04 Å². The topological polar surface area (TPSA) is 46.3 Å². The van der Waals surface area contributed by atoms with Crippen molar-refractivity contribution in [1.82, 2.24) is 4.90 Å². The normalized spacial score (nSPS) is 18.3. The van der Waals surface area contributed by atoms with Crippen molar-refractivity contribution in [2.24, 2.45) is 17.6 Å². The third-order valence-corrected chi connectivity index (χ3v) is 4.04. The van der Waals surface area contributed by atoms with E-state index in [4.69, 9.17) is 5.73 Å². The molecular formula is C16H32N2O. The zero-order valence-electron chi connectivity index (χ0n) is 13.2. The Bertz CT molecular complexity index is 270. The molecule has 1 unspecified atom stereocenters. The van der Waals surface area contributed by atoms with Crippen molar-refractivity contribution in [2.75, 3.05) is 6.54 Å². The van der Waals surface area contributed by atoms with Gasteiger partial charge in [0, 0.05) is 12.6 Å². The van der Waals surface area contributed by atoms with Crippen LogP contribution in [0.5, 0.6) is 0 Å². The highest BCUT2D eigenvalue weighted by Crippen LogP contribution is 2.25. The highest BCUT2D eigenvalue weighted by molar-refractivity contribution is 5.82. The molecule has 0 radical (unpaired) electrons. The summed E-state index contributed by atoms with van der Waals surface area (Å²) < 4.78 is 0. The quantitative estimate of drug-likeness (QED) is 0.771. The second kappa shape index (κ2) is 7.88. The van der Waals surface area contributed by atoms with Gasteiger partial charge in [-0.1, -0.05) is 40.5 Å². The van der Waals surface area contributed by atoms with Crippen LogP contribution >= 0.6 is 0 Å². The van der Waals surface area contributed by atoms with Crippen molar-refractivity contribution >= 4 is 5.91 Å². The standard InChI is InChI=1S/C16H32N2O/c1-12(2)9-10-18(14-7-5-6-8-14)16(19)15(17)11-13(3)4/h12-15H,5-11,17H2,1-4H3. The minimum atomic E-state index is -0.312. The highest BCUT2D eigenvalue weighted by atomic mass is 16.2. The van der Waals surface area contributed by atoms with Gasteiger partial charge in [0.25, 0.3) is 0 Å². The molecule has 3 nitrogen and oxygen atoms in total. The Kier molecular flexibility index (Phi) is 6.84. The van der Waals surface area contributed by atoms with Crippen LogP contribution in [0.15, 0.2) is 0 Å². The van der Waals surface area contributed by atoms with Crippen LogP contribution in [-0.4, -0.2) is 29.4 Å². The summed E-state index contributed by atoms with van der Waals surface area (Å²) in [6, 6.07) is 0.136. The Labute approximate surface area is 118 Å². The van der Waals surface area contributed by atoms with Gasteiger partial charge < -0.3 is 10.6 Å². The number of hydrogen-bond donors (Lipinski definition) is 1. The first-order valence-corrected chi connectivity index (χ1v) is 7.97. The van der Waals surface area contributed by atoms with Crippen LogP contribution in [0, 0.1) is 11.8 Å². The average molecular weight is 268 g/mol. The second-order valence-electron chi connectivity index (χ2n) is 6.89. The highest BCUT2D eigenvalue weighted by Gasteiger charge is 2.29. The van der Waals surface area contributed by atoms with Gasteiger partial charge in [0.2, 0.25) is 5.91 Å². The Morgan fingerprint density at radius 3 is 2.21 bits per heavy atom. The lowest BCUT2D eigenvalue weighted by molar-refractivity contribution is -0.135. The molecule has 112 valence electrons. The molecule has 0 aliphatic heterocycles. The molecule has 19 heavy (non-hydrogen) atoms. The third kappa shape index (κ3) is 5.52. The minimum absolute atomic E-state index is 0.182. The zero-order valence-corrected chi connectivity index (χ0v) is 13.2. The van der Waals surface area contributed by atoms with Gasteiger partial charge in [-0.3, -0.25) is 4.79 Å². The first-order chi connectivity index (χ1) is 8.91. The summed E-state index contributed by atoms with van der Waals surface area (Å²) in [6.45, 7) is 9.56. The molecule has 1 amide bonds. The predicted octanol–water partition coefficient (Wildman–Crippen LogP) is 3.18. The molecule has 1 rings (SSSR count). The van der Waals surface area contributed by atoms with Crippen LogP contribution in [0.2, 0.25) is 0 Å². The number of carbonyl (C=O) groups is 1. The molecule has 0 spiro atoms. The molecule has 1 aliphatic carbocycles. The van der Waals surface area contributed by atoms with E-state index in [9.17, 15) is 4.79 Å². The van der Waals surface area contributed by atoms with Crippen molar-refractivity contribution in [2.45, 2.75) is 78.3 Å². The van der Waals surface area contributed by atoms with Crippen LogP contribution < -0.4 is 5.73 Å². The SMILES string of the molecule is CC(C)CCN(C(=O)C(N)CC(C)C)C1CCCC1. The van der Waals surface area contributed by atoms with E-state index >= 15 is 0 Å². The number of nitrogens with two attached hydrogens (primary N) is 1. The van der Waals surface area contributed by atoms with Crippen molar-refractivity contribution in [3.05, 3.63) is 0 Å². The molecular weight excluding hydrogens is 236 g/mol. The first-order valence-electron chi connectivity index (χ1n) is 7.97. The maximum Gasteiger partial charge on any atom is 0.239 e. The molecule has 1 fully saturated rings. The van der Waals surface area contributed by atoms with Crippen molar-refractivity contribution in [3.8, 4) is 0 Å². The van der Waals surface area contributed by atoms with Crippen LogP contribution in [-0.2, 0) is 4.79 Å². The number of amides is 1. The Hall–Kier alpha value is -0.570. The molecule has 2 N–H and O–H groups in total. The fraction of sp³-hybridized carbons (Fsp3) is 0.938. The van der Waals surface area contributed by atoms with Crippen LogP contribution in [0.4, 0.5) is 0 Å². The first kappa shape index (κ1) is 16.5. The van der Waals surface area contributed by atoms with Crippen LogP contribution in [0.3, 0.4) is 0 Å². The minimum Gasteiger partial charge on any atom is -0.338 e. The van der Waals surface area contributed by atoms with Gasteiger partial charge in [0.15, 0.2) is 0 Å². The molecule has 1 aliphatic rings.